The monoisotopic (exact) mass is 200 g/mol. The largest absolute Gasteiger partial charge is 0.152 e. The SMILES string of the molecule is CC(C)CCCCCCCC=CS. The highest BCUT2D eigenvalue weighted by atomic mass is 32.1. The molecule has 0 atom stereocenters. The molecule has 0 aromatic carbocycles. The maximum Gasteiger partial charge on any atom is -0.0343 e. The van der Waals surface area contributed by atoms with Gasteiger partial charge < -0.3 is 0 Å². The molecule has 1 heteroatoms. The second-order valence-corrected chi connectivity index (χ2v) is 4.42. The number of unbranched alkanes of at least 4 members (excludes halogenated alkanes) is 5. The van der Waals surface area contributed by atoms with E-state index in [4.69, 9.17) is 0 Å². The Morgan fingerprint density at radius 2 is 1.62 bits per heavy atom. The van der Waals surface area contributed by atoms with Crippen LogP contribution in [0, 0.1) is 5.92 Å². The van der Waals surface area contributed by atoms with Crippen molar-refractivity contribution in [2.75, 3.05) is 0 Å². The fourth-order valence-corrected chi connectivity index (χ4v) is 1.57. The molecular weight excluding hydrogens is 176 g/mol. The van der Waals surface area contributed by atoms with E-state index in [1.807, 2.05) is 5.41 Å². The van der Waals surface area contributed by atoms with Crippen molar-refractivity contribution in [3.8, 4) is 0 Å². The van der Waals surface area contributed by atoms with Gasteiger partial charge in [-0.1, -0.05) is 52.0 Å². The van der Waals surface area contributed by atoms with Gasteiger partial charge in [0.2, 0.25) is 0 Å². The summed E-state index contributed by atoms with van der Waals surface area (Å²) in [6.45, 7) is 4.61. The second kappa shape index (κ2) is 10.2. The standard InChI is InChI=1S/C12H24S/c1-12(2)10-8-6-4-3-5-7-9-11-13/h9,11-13H,3-8,10H2,1-2H3. The molecule has 0 aromatic rings. The molecule has 0 aliphatic carbocycles. The fourth-order valence-electron chi connectivity index (χ4n) is 1.42. The highest BCUT2D eigenvalue weighted by molar-refractivity contribution is 7.83. The molecule has 0 spiro atoms. The van der Waals surface area contributed by atoms with E-state index in [0.717, 1.165) is 5.92 Å². The molecular formula is C12H24S. The van der Waals surface area contributed by atoms with Gasteiger partial charge in [0.1, 0.15) is 0 Å². The van der Waals surface area contributed by atoms with Gasteiger partial charge in [0, 0.05) is 0 Å². The molecule has 0 aliphatic heterocycles. The molecule has 13 heavy (non-hydrogen) atoms. The summed E-state index contributed by atoms with van der Waals surface area (Å²) in [5.74, 6) is 0.882. The second-order valence-electron chi connectivity index (χ2n) is 4.12. The Bertz CT molecular complexity index is 116. The van der Waals surface area contributed by atoms with Gasteiger partial charge in [0.15, 0.2) is 0 Å². The highest BCUT2D eigenvalue weighted by Gasteiger charge is 1.93. The summed E-state index contributed by atoms with van der Waals surface area (Å²) >= 11 is 4.02. The zero-order chi connectivity index (χ0) is 9.94. The van der Waals surface area contributed by atoms with Crippen LogP contribution in [0.5, 0.6) is 0 Å². The van der Waals surface area contributed by atoms with Crippen LogP contribution in [0.15, 0.2) is 11.5 Å². The first kappa shape index (κ1) is 13.1. The fraction of sp³-hybridized carbons (Fsp3) is 0.833. The minimum Gasteiger partial charge on any atom is -0.152 e. The zero-order valence-electron chi connectivity index (χ0n) is 9.13. The molecule has 0 nitrogen and oxygen atoms in total. The Labute approximate surface area is 89.2 Å². The van der Waals surface area contributed by atoms with Crippen LogP contribution in [0.2, 0.25) is 0 Å². The number of hydrogen-bond donors (Lipinski definition) is 1. The lowest BCUT2D eigenvalue weighted by Gasteiger charge is -2.03. The first-order valence-corrected chi connectivity index (χ1v) is 6.08. The van der Waals surface area contributed by atoms with Crippen LogP contribution in [0.3, 0.4) is 0 Å². The summed E-state index contributed by atoms with van der Waals surface area (Å²) in [5, 5.41) is 1.85. The van der Waals surface area contributed by atoms with E-state index in [9.17, 15) is 0 Å². The lowest BCUT2D eigenvalue weighted by molar-refractivity contribution is 0.516. The summed E-state index contributed by atoms with van der Waals surface area (Å²) in [7, 11) is 0. The molecule has 0 rings (SSSR count). The number of hydrogen-bond acceptors (Lipinski definition) is 1. The Kier molecular flexibility index (Phi) is 10.2. The third-order valence-corrected chi connectivity index (χ3v) is 2.47. The molecule has 0 aliphatic rings. The summed E-state index contributed by atoms with van der Waals surface area (Å²) in [6.07, 6.45) is 11.7. The zero-order valence-corrected chi connectivity index (χ0v) is 10.0. The Balaban J connectivity index is 2.91. The smallest absolute Gasteiger partial charge is 0.0343 e. The maximum atomic E-state index is 4.02. The Morgan fingerprint density at radius 1 is 1.00 bits per heavy atom. The van der Waals surface area contributed by atoms with Gasteiger partial charge in [-0.3, -0.25) is 0 Å². The van der Waals surface area contributed by atoms with Crippen molar-refractivity contribution in [3.05, 3.63) is 11.5 Å². The Hall–Kier alpha value is 0.0900. The van der Waals surface area contributed by atoms with E-state index in [2.05, 4.69) is 32.6 Å². The molecule has 0 saturated heterocycles. The van der Waals surface area contributed by atoms with Crippen molar-refractivity contribution < 1.29 is 0 Å². The number of allylic oxidation sites excluding steroid dienone is 1. The van der Waals surface area contributed by atoms with Crippen molar-refractivity contribution in [1.29, 1.82) is 0 Å². The Morgan fingerprint density at radius 3 is 2.23 bits per heavy atom. The average Bonchev–Trinajstić information content (AvgIpc) is 2.09. The van der Waals surface area contributed by atoms with Crippen molar-refractivity contribution in [3.63, 3.8) is 0 Å². The average molecular weight is 200 g/mol. The van der Waals surface area contributed by atoms with Crippen molar-refractivity contribution in [2.24, 2.45) is 5.92 Å². The number of thiol groups is 1. The summed E-state index contributed by atoms with van der Waals surface area (Å²) in [5.41, 5.74) is 0. The lowest BCUT2D eigenvalue weighted by Crippen LogP contribution is -1.86. The van der Waals surface area contributed by atoms with Crippen LogP contribution in [0.4, 0.5) is 0 Å². The van der Waals surface area contributed by atoms with Gasteiger partial charge in [-0.15, -0.1) is 0 Å². The van der Waals surface area contributed by atoms with Gasteiger partial charge in [0.05, 0.1) is 0 Å². The van der Waals surface area contributed by atoms with Gasteiger partial charge in [0.25, 0.3) is 0 Å². The van der Waals surface area contributed by atoms with Gasteiger partial charge in [-0.25, -0.2) is 0 Å². The van der Waals surface area contributed by atoms with E-state index < -0.39 is 0 Å². The van der Waals surface area contributed by atoms with Gasteiger partial charge in [-0.2, -0.15) is 12.6 Å². The first-order chi connectivity index (χ1) is 6.27. The third kappa shape index (κ3) is 12.1. The molecule has 0 bridgehead atoms. The van der Waals surface area contributed by atoms with E-state index in [1.54, 1.807) is 0 Å². The molecule has 0 radical (unpaired) electrons. The van der Waals surface area contributed by atoms with Crippen LogP contribution < -0.4 is 0 Å². The summed E-state index contributed by atoms with van der Waals surface area (Å²) in [6, 6.07) is 0. The molecule has 0 saturated carbocycles. The van der Waals surface area contributed by atoms with Gasteiger partial charge in [-0.05, 0) is 24.2 Å². The van der Waals surface area contributed by atoms with E-state index in [0.29, 0.717) is 0 Å². The quantitative estimate of drug-likeness (QED) is 0.421. The molecule has 0 fully saturated rings. The predicted molar refractivity (Wildman–Crippen MR) is 65.3 cm³/mol. The van der Waals surface area contributed by atoms with Crippen LogP contribution >= 0.6 is 12.6 Å². The van der Waals surface area contributed by atoms with Crippen LogP contribution in [-0.2, 0) is 0 Å². The van der Waals surface area contributed by atoms with Crippen molar-refractivity contribution in [2.45, 2.75) is 58.8 Å². The van der Waals surface area contributed by atoms with Crippen LogP contribution in [0.1, 0.15) is 58.8 Å². The molecule has 78 valence electrons. The van der Waals surface area contributed by atoms with Crippen LogP contribution in [-0.4, -0.2) is 0 Å². The molecule has 0 unspecified atom stereocenters. The van der Waals surface area contributed by atoms with Crippen molar-refractivity contribution >= 4 is 12.6 Å². The molecule has 0 aromatic heterocycles. The van der Waals surface area contributed by atoms with Crippen molar-refractivity contribution in [1.82, 2.24) is 0 Å². The molecule has 0 N–H and O–H groups in total. The van der Waals surface area contributed by atoms with Crippen LogP contribution in [0.25, 0.3) is 0 Å². The summed E-state index contributed by atoms with van der Waals surface area (Å²) < 4.78 is 0. The summed E-state index contributed by atoms with van der Waals surface area (Å²) in [4.78, 5) is 0. The maximum absolute atomic E-state index is 4.02. The third-order valence-electron chi connectivity index (χ3n) is 2.26. The minimum atomic E-state index is 0.882. The molecule has 0 amide bonds. The van der Waals surface area contributed by atoms with E-state index in [1.165, 1.54) is 44.9 Å². The normalized spacial score (nSPS) is 11.7. The van der Waals surface area contributed by atoms with E-state index >= 15 is 0 Å². The van der Waals surface area contributed by atoms with Gasteiger partial charge >= 0.3 is 0 Å². The lowest BCUT2D eigenvalue weighted by atomic mass is 10.0. The topological polar surface area (TPSA) is 0 Å². The first-order valence-electron chi connectivity index (χ1n) is 5.56. The molecule has 0 heterocycles. The number of rotatable bonds is 8. The highest BCUT2D eigenvalue weighted by Crippen LogP contribution is 2.11. The van der Waals surface area contributed by atoms with E-state index in [-0.39, 0.29) is 0 Å². The predicted octanol–water partition coefficient (Wildman–Crippen LogP) is 4.82. The minimum absolute atomic E-state index is 0.882.